The molecule has 0 spiro atoms. The van der Waals surface area contributed by atoms with Crippen molar-refractivity contribution < 1.29 is 9.53 Å². The van der Waals surface area contributed by atoms with Gasteiger partial charge in [-0.2, -0.15) is 5.10 Å². The zero-order valence-electron chi connectivity index (χ0n) is 15.1. The molecule has 4 rings (SSSR count). The number of aromatic nitrogens is 3. The highest BCUT2D eigenvalue weighted by Gasteiger charge is 2.29. The van der Waals surface area contributed by atoms with Gasteiger partial charge in [-0.05, 0) is 11.5 Å². The van der Waals surface area contributed by atoms with Crippen LogP contribution in [0.1, 0.15) is 18.7 Å². The number of hydrogen-bond donors (Lipinski definition) is 0. The molecule has 0 saturated carbocycles. The minimum atomic E-state index is -0.210. The molecule has 0 bridgehead atoms. The lowest BCUT2D eigenvalue weighted by Gasteiger charge is -2.34. The Balaban J connectivity index is 1.45. The van der Waals surface area contributed by atoms with Gasteiger partial charge >= 0.3 is 0 Å². The van der Waals surface area contributed by atoms with Crippen molar-refractivity contribution in [1.29, 1.82) is 0 Å². The molecule has 7 heteroatoms. The molecule has 1 saturated heterocycles. The summed E-state index contributed by atoms with van der Waals surface area (Å²) in [4.78, 5) is 19.3. The summed E-state index contributed by atoms with van der Waals surface area (Å²) in [7, 11) is 0. The predicted octanol–water partition coefficient (Wildman–Crippen LogP) is 3.32. The number of carbonyl (C=O) groups is 1. The third kappa shape index (κ3) is 3.96. The van der Waals surface area contributed by atoms with E-state index in [2.05, 4.69) is 16.1 Å². The van der Waals surface area contributed by atoms with E-state index < -0.39 is 0 Å². The van der Waals surface area contributed by atoms with Gasteiger partial charge in [0.05, 0.1) is 42.5 Å². The normalized spacial score (nSPS) is 18.6. The molecule has 2 aromatic heterocycles. The van der Waals surface area contributed by atoms with Crippen molar-refractivity contribution in [1.82, 2.24) is 19.7 Å². The molecule has 1 fully saturated rings. The molecule has 0 radical (unpaired) electrons. The lowest BCUT2D eigenvalue weighted by Crippen LogP contribution is -2.45. The largest absolute Gasteiger partial charge is 0.368 e. The monoisotopic (exact) mass is 384 g/mol. The maximum Gasteiger partial charge on any atom is 0.227 e. The first-order valence-corrected chi connectivity index (χ1v) is 9.41. The molecule has 1 aromatic carbocycles. The van der Waals surface area contributed by atoms with Crippen LogP contribution in [0, 0.1) is 5.92 Å². The van der Waals surface area contributed by atoms with Gasteiger partial charge in [0.2, 0.25) is 5.91 Å². The van der Waals surface area contributed by atoms with Gasteiger partial charge in [0.25, 0.3) is 0 Å². The van der Waals surface area contributed by atoms with Crippen molar-refractivity contribution in [3.63, 3.8) is 0 Å². The summed E-state index contributed by atoms with van der Waals surface area (Å²) in [5, 5.41) is 6.94. The number of ether oxygens (including phenoxy) is 1. The molecule has 27 heavy (non-hydrogen) atoms. The van der Waals surface area contributed by atoms with Crippen molar-refractivity contribution >= 4 is 28.3 Å². The van der Waals surface area contributed by atoms with E-state index in [-0.39, 0.29) is 17.9 Å². The average molecular weight is 385 g/mol. The molecular formula is C20H21ClN4O2. The Morgan fingerprint density at radius 3 is 2.93 bits per heavy atom. The van der Waals surface area contributed by atoms with E-state index in [1.807, 2.05) is 42.3 Å². The van der Waals surface area contributed by atoms with Gasteiger partial charge in [0, 0.05) is 24.3 Å². The summed E-state index contributed by atoms with van der Waals surface area (Å²) < 4.78 is 7.61. The van der Waals surface area contributed by atoms with Crippen LogP contribution in [0.4, 0.5) is 0 Å². The fourth-order valence-corrected chi connectivity index (χ4v) is 3.57. The van der Waals surface area contributed by atoms with Crippen LogP contribution in [0.5, 0.6) is 0 Å². The summed E-state index contributed by atoms with van der Waals surface area (Å²) in [5.74, 6) is -0.0972. The van der Waals surface area contributed by atoms with Gasteiger partial charge in [0.1, 0.15) is 6.10 Å². The van der Waals surface area contributed by atoms with E-state index in [4.69, 9.17) is 16.3 Å². The Kier molecular flexibility index (Phi) is 5.09. The number of morpholine rings is 1. The molecular weight excluding hydrogens is 364 g/mol. The van der Waals surface area contributed by atoms with Crippen molar-refractivity contribution in [3.05, 3.63) is 59.6 Å². The van der Waals surface area contributed by atoms with Crippen LogP contribution in [0.3, 0.4) is 0 Å². The van der Waals surface area contributed by atoms with Crippen molar-refractivity contribution in [2.75, 3.05) is 19.7 Å². The van der Waals surface area contributed by atoms with E-state index in [0.717, 1.165) is 16.5 Å². The minimum absolute atomic E-state index is 0.0933. The number of amides is 1. The van der Waals surface area contributed by atoms with Gasteiger partial charge in [-0.25, -0.2) is 0 Å². The van der Waals surface area contributed by atoms with Gasteiger partial charge in [-0.15, -0.1) is 0 Å². The highest BCUT2D eigenvalue weighted by Crippen LogP contribution is 2.25. The maximum absolute atomic E-state index is 12.9. The number of halogens is 1. The first-order chi connectivity index (χ1) is 13.1. The molecule has 1 aliphatic rings. The summed E-state index contributed by atoms with van der Waals surface area (Å²) in [6, 6.07) is 10.1. The second kappa shape index (κ2) is 7.66. The molecule has 1 aliphatic heterocycles. The zero-order chi connectivity index (χ0) is 18.8. The Hall–Kier alpha value is -2.44. The second-order valence-electron chi connectivity index (χ2n) is 6.88. The van der Waals surface area contributed by atoms with Crippen LogP contribution < -0.4 is 0 Å². The Bertz CT molecular complexity index is 958. The standard InChI is InChI=1S/C20H21ClN4O2/c1-14(11-25-12-17(21)10-23-25)20(26)24-6-7-27-19(13-24)18-8-15-4-2-3-5-16(15)9-22-18/h2-5,8-10,12,14,19H,6-7,11,13H2,1H3/t14-,19+/m1/s1. The average Bonchev–Trinajstić information content (AvgIpc) is 3.11. The summed E-state index contributed by atoms with van der Waals surface area (Å²) >= 11 is 5.90. The first-order valence-electron chi connectivity index (χ1n) is 9.03. The molecule has 3 heterocycles. The molecule has 6 nitrogen and oxygen atoms in total. The van der Waals surface area contributed by atoms with Crippen molar-refractivity contribution in [3.8, 4) is 0 Å². The van der Waals surface area contributed by atoms with Gasteiger partial charge in [-0.1, -0.05) is 42.8 Å². The Morgan fingerprint density at radius 2 is 2.15 bits per heavy atom. The summed E-state index contributed by atoms with van der Waals surface area (Å²) in [5.41, 5.74) is 0.859. The van der Waals surface area contributed by atoms with Crippen LogP contribution in [0.2, 0.25) is 5.02 Å². The number of pyridine rings is 1. The molecule has 0 unspecified atom stereocenters. The SMILES string of the molecule is C[C@H](Cn1cc(Cl)cn1)C(=O)N1CCO[C@H](c2cc3ccccc3cn2)C1. The topological polar surface area (TPSA) is 60.2 Å². The molecule has 2 atom stereocenters. The lowest BCUT2D eigenvalue weighted by molar-refractivity contribution is -0.143. The Labute approximate surface area is 162 Å². The molecule has 0 aliphatic carbocycles. The highest BCUT2D eigenvalue weighted by molar-refractivity contribution is 6.30. The van der Waals surface area contributed by atoms with Crippen molar-refractivity contribution in [2.45, 2.75) is 19.6 Å². The van der Waals surface area contributed by atoms with Gasteiger partial charge in [-0.3, -0.25) is 14.5 Å². The van der Waals surface area contributed by atoms with Crippen LogP contribution in [0.25, 0.3) is 10.8 Å². The van der Waals surface area contributed by atoms with E-state index >= 15 is 0 Å². The summed E-state index contributed by atoms with van der Waals surface area (Å²) in [6.45, 7) is 4.02. The quantitative estimate of drug-likeness (QED) is 0.692. The summed E-state index contributed by atoms with van der Waals surface area (Å²) in [6.07, 6.45) is 4.96. The van der Waals surface area contributed by atoms with E-state index in [9.17, 15) is 4.79 Å². The molecule has 0 N–H and O–H groups in total. The zero-order valence-corrected chi connectivity index (χ0v) is 15.8. The van der Waals surface area contributed by atoms with E-state index in [1.165, 1.54) is 0 Å². The van der Waals surface area contributed by atoms with E-state index in [1.54, 1.807) is 17.1 Å². The second-order valence-corrected chi connectivity index (χ2v) is 7.32. The minimum Gasteiger partial charge on any atom is -0.368 e. The van der Waals surface area contributed by atoms with Crippen LogP contribution in [0.15, 0.2) is 48.9 Å². The van der Waals surface area contributed by atoms with Gasteiger partial charge < -0.3 is 9.64 Å². The van der Waals surface area contributed by atoms with Crippen molar-refractivity contribution in [2.24, 2.45) is 5.92 Å². The van der Waals surface area contributed by atoms with Crippen LogP contribution >= 0.6 is 11.6 Å². The van der Waals surface area contributed by atoms with Crippen LogP contribution in [-0.2, 0) is 16.1 Å². The third-order valence-electron chi connectivity index (χ3n) is 4.84. The highest BCUT2D eigenvalue weighted by atomic mass is 35.5. The number of fused-ring (bicyclic) bond motifs is 1. The number of benzene rings is 1. The first kappa shape index (κ1) is 17.9. The van der Waals surface area contributed by atoms with E-state index in [0.29, 0.717) is 31.3 Å². The van der Waals surface area contributed by atoms with Gasteiger partial charge in [0.15, 0.2) is 0 Å². The third-order valence-corrected chi connectivity index (χ3v) is 5.04. The smallest absolute Gasteiger partial charge is 0.227 e. The fraction of sp³-hybridized carbons (Fsp3) is 0.350. The fourth-order valence-electron chi connectivity index (χ4n) is 3.41. The predicted molar refractivity (Wildman–Crippen MR) is 103 cm³/mol. The molecule has 140 valence electrons. The number of carbonyl (C=O) groups excluding carboxylic acids is 1. The number of hydrogen-bond acceptors (Lipinski definition) is 4. The molecule has 1 amide bonds. The Morgan fingerprint density at radius 1 is 1.33 bits per heavy atom. The number of rotatable bonds is 4. The maximum atomic E-state index is 12.9. The molecule has 3 aromatic rings. The number of nitrogens with zero attached hydrogens (tertiary/aromatic N) is 4. The van der Waals surface area contributed by atoms with Crippen LogP contribution in [-0.4, -0.2) is 45.3 Å². The lowest BCUT2D eigenvalue weighted by atomic mass is 10.1.